The highest BCUT2D eigenvalue weighted by Crippen LogP contribution is 2.01. The summed E-state index contributed by atoms with van der Waals surface area (Å²) in [7, 11) is 0. The van der Waals surface area contributed by atoms with Crippen molar-refractivity contribution in [1.82, 2.24) is 10.6 Å². The second kappa shape index (κ2) is 9.74. The summed E-state index contributed by atoms with van der Waals surface area (Å²) in [5.74, 6) is 0.0705. The standard InChI is InChI=1S/C19H24N2O/c22-19(16-20-15-13-18-10-5-2-6-11-18)21-14-7-12-17-8-3-1-4-9-17/h1-6,8-11,20H,7,12-16H2,(H,21,22). The molecule has 116 valence electrons. The Morgan fingerprint density at radius 3 is 2.00 bits per heavy atom. The van der Waals surface area contributed by atoms with E-state index in [1.54, 1.807) is 0 Å². The topological polar surface area (TPSA) is 41.1 Å². The van der Waals surface area contributed by atoms with E-state index in [0.717, 1.165) is 32.4 Å². The Morgan fingerprint density at radius 2 is 1.36 bits per heavy atom. The fourth-order valence-corrected chi connectivity index (χ4v) is 2.31. The lowest BCUT2D eigenvalue weighted by molar-refractivity contribution is -0.120. The van der Waals surface area contributed by atoms with E-state index >= 15 is 0 Å². The zero-order valence-electron chi connectivity index (χ0n) is 12.9. The quantitative estimate of drug-likeness (QED) is 0.698. The molecule has 0 radical (unpaired) electrons. The van der Waals surface area contributed by atoms with Gasteiger partial charge >= 0.3 is 0 Å². The number of carbonyl (C=O) groups excluding carboxylic acids is 1. The van der Waals surface area contributed by atoms with Crippen LogP contribution in [0, 0.1) is 0 Å². The molecule has 3 heteroatoms. The van der Waals surface area contributed by atoms with Crippen LogP contribution in [-0.2, 0) is 17.6 Å². The molecule has 2 aromatic carbocycles. The Hall–Kier alpha value is -2.13. The molecule has 1 amide bonds. The van der Waals surface area contributed by atoms with Gasteiger partial charge in [0.05, 0.1) is 6.54 Å². The van der Waals surface area contributed by atoms with E-state index in [1.807, 2.05) is 36.4 Å². The molecule has 0 fully saturated rings. The third kappa shape index (κ3) is 6.55. The molecule has 2 aromatic rings. The minimum Gasteiger partial charge on any atom is -0.355 e. The van der Waals surface area contributed by atoms with E-state index in [1.165, 1.54) is 11.1 Å². The monoisotopic (exact) mass is 296 g/mol. The fourth-order valence-electron chi connectivity index (χ4n) is 2.31. The Kier molecular flexibility index (Phi) is 7.19. The van der Waals surface area contributed by atoms with Gasteiger partial charge in [0, 0.05) is 6.54 Å². The number of hydrogen-bond acceptors (Lipinski definition) is 2. The summed E-state index contributed by atoms with van der Waals surface area (Å²) in [4.78, 5) is 11.7. The Bertz CT molecular complexity index is 490. The maximum absolute atomic E-state index is 11.7. The smallest absolute Gasteiger partial charge is 0.233 e. The van der Waals surface area contributed by atoms with Crippen molar-refractivity contribution < 1.29 is 4.79 Å². The number of hydrogen-bond donors (Lipinski definition) is 2. The molecule has 2 N–H and O–H groups in total. The van der Waals surface area contributed by atoms with E-state index in [0.29, 0.717) is 6.54 Å². The molecule has 0 bridgehead atoms. The SMILES string of the molecule is O=C(CNCCc1ccccc1)NCCCc1ccccc1. The summed E-state index contributed by atoms with van der Waals surface area (Å²) in [5, 5.41) is 6.13. The van der Waals surface area contributed by atoms with E-state index in [9.17, 15) is 4.79 Å². The van der Waals surface area contributed by atoms with Gasteiger partial charge in [0.15, 0.2) is 0 Å². The third-order valence-electron chi connectivity index (χ3n) is 3.53. The summed E-state index contributed by atoms with van der Waals surface area (Å²) in [6.45, 7) is 1.94. The van der Waals surface area contributed by atoms with Crippen molar-refractivity contribution in [3.05, 3.63) is 71.8 Å². The summed E-state index contributed by atoms with van der Waals surface area (Å²) >= 11 is 0. The minimum absolute atomic E-state index is 0.0705. The Morgan fingerprint density at radius 1 is 0.773 bits per heavy atom. The van der Waals surface area contributed by atoms with Crippen molar-refractivity contribution in [1.29, 1.82) is 0 Å². The molecular weight excluding hydrogens is 272 g/mol. The Labute approximate surface area is 132 Å². The minimum atomic E-state index is 0.0705. The van der Waals surface area contributed by atoms with Crippen LogP contribution in [0.3, 0.4) is 0 Å². The van der Waals surface area contributed by atoms with Crippen LogP contribution in [0.4, 0.5) is 0 Å². The average Bonchev–Trinajstić information content (AvgIpc) is 2.57. The van der Waals surface area contributed by atoms with Gasteiger partial charge in [0.1, 0.15) is 0 Å². The predicted molar refractivity (Wildman–Crippen MR) is 90.8 cm³/mol. The lowest BCUT2D eigenvalue weighted by Gasteiger charge is -2.07. The zero-order valence-corrected chi connectivity index (χ0v) is 12.9. The molecule has 0 saturated heterocycles. The number of benzene rings is 2. The first-order valence-electron chi connectivity index (χ1n) is 7.90. The van der Waals surface area contributed by atoms with Crippen LogP contribution < -0.4 is 10.6 Å². The van der Waals surface area contributed by atoms with Crippen LogP contribution in [-0.4, -0.2) is 25.5 Å². The van der Waals surface area contributed by atoms with Gasteiger partial charge in [-0.25, -0.2) is 0 Å². The van der Waals surface area contributed by atoms with Gasteiger partial charge < -0.3 is 10.6 Å². The summed E-state index contributed by atoms with van der Waals surface area (Å²) in [6.07, 6.45) is 2.92. The zero-order chi connectivity index (χ0) is 15.5. The van der Waals surface area contributed by atoms with Crippen LogP contribution in [0.1, 0.15) is 17.5 Å². The van der Waals surface area contributed by atoms with E-state index < -0.39 is 0 Å². The molecule has 0 saturated carbocycles. The van der Waals surface area contributed by atoms with Gasteiger partial charge in [0.25, 0.3) is 0 Å². The van der Waals surface area contributed by atoms with E-state index in [2.05, 4.69) is 34.9 Å². The normalized spacial score (nSPS) is 10.4. The van der Waals surface area contributed by atoms with Crippen LogP contribution >= 0.6 is 0 Å². The second-order valence-corrected chi connectivity index (χ2v) is 5.35. The first kappa shape index (κ1) is 16.2. The van der Waals surface area contributed by atoms with Gasteiger partial charge in [-0.2, -0.15) is 0 Å². The molecule has 0 unspecified atom stereocenters. The summed E-state index contributed by atoms with van der Waals surface area (Å²) in [6, 6.07) is 20.6. The lowest BCUT2D eigenvalue weighted by atomic mass is 10.1. The highest BCUT2D eigenvalue weighted by Gasteiger charge is 2.00. The average molecular weight is 296 g/mol. The number of nitrogens with one attached hydrogen (secondary N) is 2. The van der Waals surface area contributed by atoms with Gasteiger partial charge in [-0.1, -0.05) is 60.7 Å². The molecule has 0 aliphatic carbocycles. The number of carbonyl (C=O) groups is 1. The van der Waals surface area contributed by atoms with Crippen molar-refractivity contribution in [2.24, 2.45) is 0 Å². The highest BCUT2D eigenvalue weighted by atomic mass is 16.1. The van der Waals surface area contributed by atoms with Crippen molar-refractivity contribution >= 4 is 5.91 Å². The molecular formula is C19H24N2O. The summed E-state index contributed by atoms with van der Waals surface area (Å²) in [5.41, 5.74) is 2.61. The summed E-state index contributed by atoms with van der Waals surface area (Å²) < 4.78 is 0. The van der Waals surface area contributed by atoms with Crippen molar-refractivity contribution in [2.45, 2.75) is 19.3 Å². The molecule has 22 heavy (non-hydrogen) atoms. The molecule has 3 nitrogen and oxygen atoms in total. The predicted octanol–water partition coefficient (Wildman–Crippen LogP) is 2.57. The van der Waals surface area contributed by atoms with Crippen LogP contribution in [0.25, 0.3) is 0 Å². The van der Waals surface area contributed by atoms with Crippen molar-refractivity contribution in [3.8, 4) is 0 Å². The fraction of sp³-hybridized carbons (Fsp3) is 0.316. The van der Waals surface area contributed by atoms with Gasteiger partial charge in [-0.05, 0) is 36.9 Å². The lowest BCUT2D eigenvalue weighted by Crippen LogP contribution is -2.35. The molecule has 0 atom stereocenters. The van der Waals surface area contributed by atoms with E-state index in [4.69, 9.17) is 0 Å². The number of aryl methyl sites for hydroxylation is 1. The van der Waals surface area contributed by atoms with Gasteiger partial charge in [-0.15, -0.1) is 0 Å². The molecule has 0 aliphatic rings. The molecule has 2 rings (SSSR count). The van der Waals surface area contributed by atoms with Crippen LogP contribution in [0.5, 0.6) is 0 Å². The van der Waals surface area contributed by atoms with Gasteiger partial charge in [0.2, 0.25) is 5.91 Å². The molecule has 0 heterocycles. The molecule has 0 spiro atoms. The maximum atomic E-state index is 11.7. The second-order valence-electron chi connectivity index (χ2n) is 5.35. The number of amides is 1. The maximum Gasteiger partial charge on any atom is 0.233 e. The van der Waals surface area contributed by atoms with Crippen LogP contribution in [0.15, 0.2) is 60.7 Å². The highest BCUT2D eigenvalue weighted by molar-refractivity contribution is 5.77. The first-order valence-corrected chi connectivity index (χ1v) is 7.90. The van der Waals surface area contributed by atoms with Gasteiger partial charge in [-0.3, -0.25) is 4.79 Å². The van der Waals surface area contributed by atoms with Crippen LogP contribution in [0.2, 0.25) is 0 Å². The van der Waals surface area contributed by atoms with E-state index in [-0.39, 0.29) is 5.91 Å². The molecule has 0 aliphatic heterocycles. The third-order valence-corrected chi connectivity index (χ3v) is 3.53. The van der Waals surface area contributed by atoms with Crippen molar-refractivity contribution in [2.75, 3.05) is 19.6 Å². The largest absolute Gasteiger partial charge is 0.355 e. The molecule has 0 aromatic heterocycles. The first-order chi connectivity index (χ1) is 10.8. The Balaban J connectivity index is 1.49. The van der Waals surface area contributed by atoms with Crippen molar-refractivity contribution in [3.63, 3.8) is 0 Å². The number of rotatable bonds is 9.